The Morgan fingerprint density at radius 3 is 2.54 bits per heavy atom. The Balaban J connectivity index is 2.05. The lowest BCUT2D eigenvalue weighted by Gasteiger charge is -2.19. The van der Waals surface area contributed by atoms with Crippen molar-refractivity contribution in [2.24, 2.45) is 0 Å². The summed E-state index contributed by atoms with van der Waals surface area (Å²) in [6, 6.07) is 2.91. The van der Waals surface area contributed by atoms with Crippen LogP contribution in [0.2, 0.25) is 0 Å². The fourth-order valence-electron chi connectivity index (χ4n) is 2.34. The molecule has 2 aromatic rings. The molecule has 0 spiro atoms. The van der Waals surface area contributed by atoms with E-state index < -0.39 is 23.3 Å². The second-order valence-corrected chi connectivity index (χ2v) is 6.00. The second kappa shape index (κ2) is 6.52. The Bertz CT molecular complexity index is 957. The number of alkyl halides is 3. The number of allylic oxidation sites excluding steroid dienone is 2. The van der Waals surface area contributed by atoms with Gasteiger partial charge in [0.05, 0.1) is 22.7 Å². The molecule has 0 saturated carbocycles. The number of methoxy groups -OCH3 is 1. The number of nitrogens with one attached hydrogen (secondary N) is 1. The Labute approximate surface area is 153 Å². The molecule has 0 atom stereocenters. The monoisotopic (exact) mass is 427 g/mol. The molecule has 1 aromatic carbocycles. The first-order valence-corrected chi connectivity index (χ1v) is 7.84. The zero-order valence-electron chi connectivity index (χ0n) is 13.0. The number of hydrogen-bond acceptors (Lipinski definition) is 6. The van der Waals surface area contributed by atoms with Crippen LogP contribution in [-0.4, -0.2) is 28.6 Å². The van der Waals surface area contributed by atoms with Crippen molar-refractivity contribution < 1.29 is 27.5 Å². The summed E-state index contributed by atoms with van der Waals surface area (Å²) in [4.78, 5) is 32.4. The number of hydrogen-bond donors (Lipinski definition) is 1. The van der Waals surface area contributed by atoms with Crippen molar-refractivity contribution >= 4 is 33.2 Å². The summed E-state index contributed by atoms with van der Waals surface area (Å²) in [5.74, 6) is -1.26. The molecule has 3 rings (SSSR count). The van der Waals surface area contributed by atoms with Crippen LogP contribution in [0.1, 0.15) is 26.4 Å². The summed E-state index contributed by atoms with van der Waals surface area (Å²) in [6.07, 6.45) is -2.31. The molecular weight excluding hydrogens is 419 g/mol. The third-order valence-corrected chi connectivity index (χ3v) is 4.31. The average molecular weight is 428 g/mol. The normalized spacial score (nSPS) is 14.3. The smallest absolute Gasteiger partial charge is 0.416 e. The molecule has 0 amide bonds. The van der Waals surface area contributed by atoms with Gasteiger partial charge in [-0.15, -0.1) is 0 Å². The lowest BCUT2D eigenvalue weighted by atomic mass is 9.98. The largest absolute Gasteiger partial charge is 0.497 e. The molecule has 1 aliphatic rings. The zero-order chi connectivity index (χ0) is 19.1. The van der Waals surface area contributed by atoms with Gasteiger partial charge in [-0.2, -0.15) is 13.2 Å². The summed E-state index contributed by atoms with van der Waals surface area (Å²) in [5.41, 5.74) is -1.36. The Morgan fingerprint density at radius 1 is 1.15 bits per heavy atom. The van der Waals surface area contributed by atoms with Crippen molar-refractivity contribution in [1.82, 2.24) is 9.97 Å². The number of rotatable bonds is 3. The highest BCUT2D eigenvalue weighted by atomic mass is 79.9. The SMILES string of the molecule is COc1cc(NC2=C(Br)C(=O)c3ncncc3C2=O)cc(C(F)(F)F)c1. The van der Waals surface area contributed by atoms with E-state index in [4.69, 9.17) is 4.74 Å². The van der Waals surface area contributed by atoms with Crippen LogP contribution >= 0.6 is 15.9 Å². The van der Waals surface area contributed by atoms with Gasteiger partial charge < -0.3 is 10.1 Å². The van der Waals surface area contributed by atoms with Crippen LogP contribution in [0.5, 0.6) is 5.75 Å². The van der Waals surface area contributed by atoms with Crippen LogP contribution in [0.15, 0.2) is 40.9 Å². The van der Waals surface area contributed by atoms with Crippen molar-refractivity contribution in [1.29, 1.82) is 0 Å². The van der Waals surface area contributed by atoms with E-state index in [1.54, 1.807) is 0 Å². The van der Waals surface area contributed by atoms with Gasteiger partial charge in [-0.05, 0) is 28.1 Å². The van der Waals surface area contributed by atoms with E-state index >= 15 is 0 Å². The molecule has 0 fully saturated rings. The Hall–Kier alpha value is -2.75. The predicted molar refractivity (Wildman–Crippen MR) is 88.3 cm³/mol. The molecule has 134 valence electrons. The molecule has 1 aliphatic carbocycles. The molecule has 1 N–H and O–H groups in total. The van der Waals surface area contributed by atoms with Crippen molar-refractivity contribution in [2.45, 2.75) is 6.18 Å². The molecule has 0 radical (unpaired) electrons. The lowest BCUT2D eigenvalue weighted by Crippen LogP contribution is -2.25. The van der Waals surface area contributed by atoms with Gasteiger partial charge in [0.25, 0.3) is 0 Å². The number of fused-ring (bicyclic) bond motifs is 1. The second-order valence-electron chi connectivity index (χ2n) is 5.21. The van der Waals surface area contributed by atoms with E-state index in [9.17, 15) is 22.8 Å². The van der Waals surface area contributed by atoms with Crippen LogP contribution in [-0.2, 0) is 6.18 Å². The number of ketones is 2. The number of nitrogens with zero attached hydrogens (tertiary/aromatic N) is 2. The molecule has 1 aromatic heterocycles. The lowest BCUT2D eigenvalue weighted by molar-refractivity contribution is -0.137. The molecule has 0 bridgehead atoms. The first-order valence-electron chi connectivity index (χ1n) is 7.05. The number of benzene rings is 1. The van der Waals surface area contributed by atoms with Crippen LogP contribution in [0.3, 0.4) is 0 Å². The maximum atomic E-state index is 13.0. The highest BCUT2D eigenvalue weighted by Crippen LogP contribution is 2.36. The number of carbonyl (C=O) groups excluding carboxylic acids is 2. The number of ether oxygens (including phenoxy) is 1. The Kier molecular flexibility index (Phi) is 4.53. The first kappa shape index (κ1) is 18.1. The first-order chi connectivity index (χ1) is 12.2. The van der Waals surface area contributed by atoms with Crippen molar-refractivity contribution in [3.63, 3.8) is 0 Å². The van der Waals surface area contributed by atoms with Crippen molar-refractivity contribution in [3.05, 3.63) is 57.7 Å². The summed E-state index contributed by atoms with van der Waals surface area (Å²) in [7, 11) is 1.22. The molecule has 0 unspecified atom stereocenters. The van der Waals surface area contributed by atoms with Gasteiger partial charge in [0.1, 0.15) is 23.5 Å². The van der Waals surface area contributed by atoms with Crippen molar-refractivity contribution in [2.75, 3.05) is 12.4 Å². The summed E-state index contributed by atoms with van der Waals surface area (Å²) >= 11 is 3.01. The molecule has 1 heterocycles. The summed E-state index contributed by atoms with van der Waals surface area (Å²) in [5, 5.41) is 2.57. The average Bonchev–Trinajstić information content (AvgIpc) is 2.62. The molecule has 10 heteroatoms. The molecular formula is C16H9BrF3N3O3. The van der Waals surface area contributed by atoms with Crippen molar-refractivity contribution in [3.8, 4) is 5.75 Å². The minimum atomic E-state index is -4.61. The molecule has 0 saturated heterocycles. The number of aromatic nitrogens is 2. The standard InChI is InChI=1S/C16H9BrF3N3O3/c1-26-9-3-7(16(18,19)20)2-8(4-9)23-13-11(17)15(25)12-10(14(13)24)5-21-6-22-12/h2-6,23H,1H3. The summed E-state index contributed by atoms with van der Waals surface area (Å²) in [6.45, 7) is 0. The minimum absolute atomic E-state index is 0.0397. The van der Waals surface area contributed by atoms with E-state index in [0.717, 1.165) is 18.5 Å². The van der Waals surface area contributed by atoms with Gasteiger partial charge in [-0.25, -0.2) is 9.97 Å². The molecule has 26 heavy (non-hydrogen) atoms. The van der Waals surface area contributed by atoms with E-state index in [1.807, 2.05) is 0 Å². The van der Waals surface area contributed by atoms with Gasteiger partial charge in [-0.3, -0.25) is 9.59 Å². The fourth-order valence-corrected chi connectivity index (χ4v) is 2.80. The third-order valence-electron chi connectivity index (χ3n) is 3.56. The quantitative estimate of drug-likeness (QED) is 0.805. The van der Waals surface area contributed by atoms with E-state index in [0.29, 0.717) is 0 Å². The topological polar surface area (TPSA) is 81.2 Å². The number of carbonyl (C=O) groups is 2. The van der Waals surface area contributed by atoms with Crippen LogP contribution in [0.4, 0.5) is 18.9 Å². The van der Waals surface area contributed by atoms with E-state index in [1.165, 1.54) is 19.4 Å². The van der Waals surface area contributed by atoms with Crippen LogP contribution in [0.25, 0.3) is 0 Å². The van der Waals surface area contributed by atoms with Gasteiger partial charge in [0.15, 0.2) is 0 Å². The van der Waals surface area contributed by atoms with E-state index in [-0.39, 0.29) is 32.9 Å². The number of anilines is 1. The van der Waals surface area contributed by atoms with Crippen LogP contribution < -0.4 is 10.1 Å². The fraction of sp³-hybridized carbons (Fsp3) is 0.125. The predicted octanol–water partition coefficient (Wildman–Crippen LogP) is 3.60. The zero-order valence-corrected chi connectivity index (χ0v) is 14.6. The molecule has 6 nitrogen and oxygen atoms in total. The summed E-state index contributed by atoms with van der Waals surface area (Å²) < 4.78 is 43.8. The van der Waals surface area contributed by atoms with Gasteiger partial charge >= 0.3 is 6.18 Å². The maximum Gasteiger partial charge on any atom is 0.416 e. The number of Topliss-reactive ketones (excluding diaryl/α,β-unsaturated/α-hetero) is 2. The van der Waals surface area contributed by atoms with E-state index in [2.05, 4.69) is 31.2 Å². The van der Waals surface area contributed by atoms with Gasteiger partial charge in [-0.1, -0.05) is 0 Å². The molecule has 0 aliphatic heterocycles. The number of halogens is 4. The van der Waals surface area contributed by atoms with Crippen LogP contribution in [0, 0.1) is 0 Å². The van der Waals surface area contributed by atoms with Gasteiger partial charge in [0, 0.05) is 18.0 Å². The maximum absolute atomic E-state index is 13.0. The highest BCUT2D eigenvalue weighted by molar-refractivity contribution is 9.12. The highest BCUT2D eigenvalue weighted by Gasteiger charge is 2.34. The minimum Gasteiger partial charge on any atom is -0.497 e. The van der Waals surface area contributed by atoms with Gasteiger partial charge in [0.2, 0.25) is 11.6 Å². The third kappa shape index (κ3) is 3.19. The Morgan fingerprint density at radius 2 is 1.88 bits per heavy atom.